The van der Waals surface area contributed by atoms with Crippen molar-refractivity contribution in [2.24, 2.45) is 0 Å². The summed E-state index contributed by atoms with van der Waals surface area (Å²) >= 11 is 1.35. The number of benzene rings is 1. The third-order valence-corrected chi connectivity index (χ3v) is 3.77. The van der Waals surface area contributed by atoms with Crippen LogP contribution in [0.25, 0.3) is 0 Å². The number of carboxylic acid groups (broad SMARTS) is 1. The van der Waals surface area contributed by atoms with E-state index in [4.69, 9.17) is 5.11 Å². The van der Waals surface area contributed by atoms with Crippen LogP contribution in [0.3, 0.4) is 0 Å². The highest BCUT2D eigenvalue weighted by Gasteiger charge is 2.10. The zero-order valence-electron chi connectivity index (χ0n) is 11.2. The molecule has 1 unspecified atom stereocenters. The van der Waals surface area contributed by atoms with Crippen molar-refractivity contribution in [3.05, 3.63) is 29.8 Å². The minimum Gasteiger partial charge on any atom is -0.481 e. The molecule has 0 heterocycles. The highest BCUT2D eigenvalue weighted by Crippen LogP contribution is 2.15. The summed E-state index contributed by atoms with van der Waals surface area (Å²) in [5.74, 6) is -0.675. The Labute approximate surface area is 117 Å². The first kappa shape index (κ1) is 15.6. The van der Waals surface area contributed by atoms with Crippen molar-refractivity contribution in [3.8, 4) is 0 Å². The Morgan fingerprint density at radius 2 is 1.95 bits per heavy atom. The van der Waals surface area contributed by atoms with Gasteiger partial charge in [-0.25, -0.2) is 0 Å². The molecular formula is C14H19NO3S. The van der Waals surface area contributed by atoms with E-state index in [0.29, 0.717) is 0 Å². The van der Waals surface area contributed by atoms with Crippen LogP contribution < -0.4 is 5.32 Å². The molecule has 0 aliphatic heterocycles. The molecule has 19 heavy (non-hydrogen) atoms. The SMILES string of the molecule is CCc1ccc(NC(=O)CSC(C)CC(=O)O)cc1. The lowest BCUT2D eigenvalue weighted by atomic mass is 10.1. The lowest BCUT2D eigenvalue weighted by Crippen LogP contribution is -2.16. The Kier molecular flexibility index (Phi) is 6.42. The summed E-state index contributed by atoms with van der Waals surface area (Å²) < 4.78 is 0. The molecule has 0 radical (unpaired) electrons. The predicted octanol–water partition coefficient (Wildman–Crippen LogP) is 2.78. The van der Waals surface area contributed by atoms with Crippen LogP contribution in [0.5, 0.6) is 0 Å². The van der Waals surface area contributed by atoms with E-state index in [1.54, 1.807) is 0 Å². The molecular weight excluding hydrogens is 262 g/mol. The number of hydrogen-bond acceptors (Lipinski definition) is 3. The molecule has 0 saturated heterocycles. The van der Waals surface area contributed by atoms with Gasteiger partial charge in [0.15, 0.2) is 0 Å². The maximum atomic E-state index is 11.7. The van der Waals surface area contributed by atoms with Crippen molar-refractivity contribution in [3.63, 3.8) is 0 Å². The van der Waals surface area contributed by atoms with E-state index in [2.05, 4.69) is 12.2 Å². The van der Waals surface area contributed by atoms with E-state index in [1.807, 2.05) is 31.2 Å². The molecule has 4 nitrogen and oxygen atoms in total. The summed E-state index contributed by atoms with van der Waals surface area (Å²) in [5, 5.41) is 11.4. The normalized spacial score (nSPS) is 11.9. The number of carbonyl (C=O) groups is 2. The van der Waals surface area contributed by atoms with Crippen molar-refractivity contribution >= 4 is 29.3 Å². The van der Waals surface area contributed by atoms with E-state index >= 15 is 0 Å². The molecule has 0 bridgehead atoms. The summed E-state index contributed by atoms with van der Waals surface area (Å²) in [4.78, 5) is 22.2. The topological polar surface area (TPSA) is 66.4 Å². The lowest BCUT2D eigenvalue weighted by Gasteiger charge is -2.09. The smallest absolute Gasteiger partial charge is 0.304 e. The van der Waals surface area contributed by atoms with Gasteiger partial charge in [0.2, 0.25) is 5.91 Å². The van der Waals surface area contributed by atoms with Crippen LogP contribution in [0, 0.1) is 0 Å². The summed E-state index contributed by atoms with van der Waals surface area (Å²) in [6.07, 6.45) is 1.04. The van der Waals surface area contributed by atoms with Gasteiger partial charge in [0.25, 0.3) is 0 Å². The Morgan fingerprint density at radius 3 is 2.47 bits per heavy atom. The second-order valence-electron chi connectivity index (χ2n) is 4.32. The fourth-order valence-electron chi connectivity index (χ4n) is 1.54. The molecule has 0 spiro atoms. The third-order valence-electron chi connectivity index (χ3n) is 2.61. The van der Waals surface area contributed by atoms with E-state index in [9.17, 15) is 9.59 Å². The minimum absolute atomic E-state index is 0.0642. The average molecular weight is 281 g/mol. The number of anilines is 1. The molecule has 104 valence electrons. The molecule has 0 saturated carbocycles. The fourth-order valence-corrected chi connectivity index (χ4v) is 2.31. The largest absolute Gasteiger partial charge is 0.481 e. The maximum Gasteiger partial charge on any atom is 0.304 e. The second-order valence-corrected chi connectivity index (χ2v) is 5.74. The molecule has 0 aliphatic carbocycles. The lowest BCUT2D eigenvalue weighted by molar-refractivity contribution is -0.136. The Balaban J connectivity index is 2.36. The average Bonchev–Trinajstić information content (AvgIpc) is 2.36. The molecule has 1 aromatic carbocycles. The van der Waals surface area contributed by atoms with Gasteiger partial charge in [-0.2, -0.15) is 0 Å². The second kappa shape index (κ2) is 7.84. The van der Waals surface area contributed by atoms with Gasteiger partial charge in [0.1, 0.15) is 0 Å². The van der Waals surface area contributed by atoms with Crippen molar-refractivity contribution in [1.29, 1.82) is 0 Å². The van der Waals surface area contributed by atoms with Gasteiger partial charge in [-0.1, -0.05) is 26.0 Å². The molecule has 1 aromatic rings. The van der Waals surface area contributed by atoms with Gasteiger partial charge < -0.3 is 10.4 Å². The van der Waals surface area contributed by atoms with Crippen LogP contribution in [-0.4, -0.2) is 28.0 Å². The zero-order chi connectivity index (χ0) is 14.3. The predicted molar refractivity (Wildman–Crippen MR) is 78.6 cm³/mol. The van der Waals surface area contributed by atoms with E-state index in [0.717, 1.165) is 12.1 Å². The summed E-state index contributed by atoms with van der Waals surface area (Å²) in [7, 11) is 0. The number of aryl methyl sites for hydroxylation is 1. The number of amides is 1. The molecule has 2 N–H and O–H groups in total. The first-order chi connectivity index (χ1) is 9.01. The van der Waals surface area contributed by atoms with Crippen molar-refractivity contribution in [1.82, 2.24) is 0 Å². The minimum atomic E-state index is -0.837. The highest BCUT2D eigenvalue weighted by atomic mass is 32.2. The third kappa shape index (κ3) is 6.29. The Bertz CT molecular complexity index is 431. The molecule has 0 aromatic heterocycles. The summed E-state index contributed by atoms with van der Waals surface area (Å²) in [6, 6.07) is 7.72. The number of carbonyl (C=O) groups excluding carboxylic acids is 1. The van der Waals surface area contributed by atoms with Crippen molar-refractivity contribution < 1.29 is 14.7 Å². The molecule has 0 aliphatic rings. The van der Waals surface area contributed by atoms with Gasteiger partial charge in [-0.05, 0) is 24.1 Å². The molecule has 1 amide bonds. The quantitative estimate of drug-likeness (QED) is 0.806. The van der Waals surface area contributed by atoms with Gasteiger partial charge in [0, 0.05) is 10.9 Å². The van der Waals surface area contributed by atoms with Crippen LogP contribution in [-0.2, 0) is 16.0 Å². The monoisotopic (exact) mass is 281 g/mol. The van der Waals surface area contributed by atoms with E-state index < -0.39 is 5.97 Å². The number of nitrogens with one attached hydrogen (secondary N) is 1. The molecule has 1 rings (SSSR count). The fraction of sp³-hybridized carbons (Fsp3) is 0.429. The van der Waals surface area contributed by atoms with Crippen LogP contribution in [0.1, 0.15) is 25.8 Å². The van der Waals surface area contributed by atoms with E-state index in [-0.39, 0.29) is 23.3 Å². The van der Waals surface area contributed by atoms with Gasteiger partial charge in [0.05, 0.1) is 12.2 Å². The first-order valence-electron chi connectivity index (χ1n) is 6.23. The van der Waals surface area contributed by atoms with Crippen LogP contribution in [0.4, 0.5) is 5.69 Å². The number of aliphatic carboxylic acids is 1. The molecule has 0 fully saturated rings. The Hall–Kier alpha value is -1.49. The molecule has 1 atom stereocenters. The van der Waals surface area contributed by atoms with Crippen LogP contribution in [0.2, 0.25) is 0 Å². The zero-order valence-corrected chi connectivity index (χ0v) is 12.0. The number of rotatable bonds is 7. The number of carboxylic acids is 1. The highest BCUT2D eigenvalue weighted by molar-refractivity contribution is 8.00. The van der Waals surface area contributed by atoms with Crippen molar-refractivity contribution in [2.75, 3.05) is 11.1 Å². The number of hydrogen-bond donors (Lipinski definition) is 2. The maximum absolute atomic E-state index is 11.7. The molecule has 5 heteroatoms. The standard InChI is InChI=1S/C14H19NO3S/c1-3-11-4-6-12(7-5-11)15-13(16)9-19-10(2)8-14(17)18/h4-7,10H,3,8-9H2,1-2H3,(H,15,16)(H,17,18). The van der Waals surface area contributed by atoms with Gasteiger partial charge in [-0.15, -0.1) is 11.8 Å². The summed E-state index contributed by atoms with van der Waals surface area (Å²) in [5.41, 5.74) is 2.00. The van der Waals surface area contributed by atoms with Crippen LogP contribution in [0.15, 0.2) is 24.3 Å². The Morgan fingerprint density at radius 1 is 1.32 bits per heavy atom. The number of thioether (sulfide) groups is 1. The van der Waals surface area contributed by atoms with Crippen molar-refractivity contribution in [2.45, 2.75) is 31.9 Å². The van der Waals surface area contributed by atoms with Gasteiger partial charge >= 0.3 is 5.97 Å². The summed E-state index contributed by atoms with van der Waals surface area (Å²) in [6.45, 7) is 3.89. The van der Waals surface area contributed by atoms with E-state index in [1.165, 1.54) is 17.3 Å². The van der Waals surface area contributed by atoms with Gasteiger partial charge in [-0.3, -0.25) is 9.59 Å². The first-order valence-corrected chi connectivity index (χ1v) is 7.28. The van der Waals surface area contributed by atoms with Crippen LogP contribution >= 0.6 is 11.8 Å².